The maximum Gasteiger partial charge on any atom is 0.0431 e. The average molecular weight is 535 g/mol. The second-order valence-corrected chi connectivity index (χ2v) is 14.8. The summed E-state index contributed by atoms with van der Waals surface area (Å²) in [5.74, 6) is 0. The van der Waals surface area contributed by atoms with Crippen LogP contribution in [0.2, 0.25) is 0 Å². The molecule has 0 amide bonds. The molecule has 0 bridgehead atoms. The van der Waals surface area contributed by atoms with Gasteiger partial charge in [-0.25, -0.2) is 0 Å². The van der Waals surface area contributed by atoms with Crippen LogP contribution in [0.3, 0.4) is 0 Å². The quantitative estimate of drug-likeness (QED) is 0.208. The molecule has 0 aromatic heterocycles. The molecule has 4 aromatic rings. The van der Waals surface area contributed by atoms with Crippen LogP contribution in [0.15, 0.2) is 144 Å². The van der Waals surface area contributed by atoms with Crippen molar-refractivity contribution in [1.29, 1.82) is 0 Å². The van der Waals surface area contributed by atoms with E-state index in [4.69, 9.17) is 0 Å². The second kappa shape index (κ2) is 12.4. The molecule has 0 aliphatic heterocycles. The summed E-state index contributed by atoms with van der Waals surface area (Å²) in [5.41, 5.74) is 1.52. The van der Waals surface area contributed by atoms with Crippen molar-refractivity contribution in [1.82, 2.24) is 0 Å². The number of hydrogen-bond acceptors (Lipinski definition) is 1. The van der Waals surface area contributed by atoms with Crippen molar-refractivity contribution in [3.05, 3.63) is 144 Å². The van der Waals surface area contributed by atoms with Gasteiger partial charge in [0.2, 0.25) is 0 Å². The first kappa shape index (κ1) is 26.8. The Morgan fingerprint density at radius 3 is 1.39 bits per heavy atom. The van der Waals surface area contributed by atoms with Crippen LogP contribution in [0.1, 0.15) is 33.1 Å². The zero-order valence-corrected chi connectivity index (χ0v) is 24.1. The lowest BCUT2D eigenvalue weighted by atomic mass is 9.79. The number of allylic oxidation sites excluding steroid dienone is 4. The van der Waals surface area contributed by atoms with Gasteiger partial charge >= 0.3 is 0 Å². The van der Waals surface area contributed by atoms with Crippen molar-refractivity contribution in [2.24, 2.45) is 5.41 Å². The standard InChI is InChI=1S/C35H36OP2/c1-35(2,24-15-25-36)28-26-33(37(29-16-7-3-8-17-29)30-18-9-4-10-19-30)34(27-28)38(31-20-11-5-12-21-31)32-22-13-6-14-23-32/h3-14,16-23,26,36H,15,24-25,27H2,1-2H3. The van der Waals surface area contributed by atoms with Crippen LogP contribution < -0.4 is 21.2 Å². The third-order valence-corrected chi connectivity index (χ3v) is 12.6. The van der Waals surface area contributed by atoms with Gasteiger partial charge in [-0.3, -0.25) is 0 Å². The first-order valence-corrected chi connectivity index (χ1v) is 16.1. The molecule has 5 rings (SSSR count). The molecule has 1 aliphatic rings. The Balaban J connectivity index is 1.74. The van der Waals surface area contributed by atoms with Gasteiger partial charge in [0.05, 0.1) is 0 Å². The highest BCUT2D eigenvalue weighted by Crippen LogP contribution is 2.61. The summed E-state index contributed by atoms with van der Waals surface area (Å²) in [6, 6.07) is 44.4. The molecule has 1 nitrogen and oxygen atoms in total. The van der Waals surface area contributed by atoms with Crippen molar-refractivity contribution >= 4 is 37.1 Å². The van der Waals surface area contributed by atoms with Crippen LogP contribution >= 0.6 is 15.8 Å². The molecule has 192 valence electrons. The highest BCUT2D eigenvalue weighted by atomic mass is 31.1. The Hall–Kier alpha value is -2.82. The molecule has 1 N–H and O–H groups in total. The molecule has 0 spiro atoms. The van der Waals surface area contributed by atoms with Crippen LogP contribution in [0, 0.1) is 5.41 Å². The molecule has 1 aliphatic carbocycles. The molecule has 4 aromatic carbocycles. The number of rotatable bonds is 10. The van der Waals surface area contributed by atoms with Crippen LogP contribution in [0.5, 0.6) is 0 Å². The van der Waals surface area contributed by atoms with E-state index in [2.05, 4.69) is 141 Å². The van der Waals surface area contributed by atoms with E-state index in [1.165, 1.54) is 32.1 Å². The van der Waals surface area contributed by atoms with E-state index in [0.29, 0.717) is 0 Å². The van der Waals surface area contributed by atoms with Crippen molar-refractivity contribution < 1.29 is 5.11 Å². The summed E-state index contributed by atoms with van der Waals surface area (Å²) in [4.78, 5) is 0. The maximum absolute atomic E-state index is 9.62. The number of aliphatic hydroxyl groups is 1. The predicted molar refractivity (Wildman–Crippen MR) is 168 cm³/mol. The SMILES string of the molecule is CC(C)(CCCO)C1=CC(P(c2ccccc2)c2ccccc2)=C(P(c2ccccc2)c2ccccc2)C1. The van der Waals surface area contributed by atoms with Gasteiger partial charge in [-0.1, -0.05) is 147 Å². The molecule has 0 radical (unpaired) electrons. The van der Waals surface area contributed by atoms with Crippen LogP contribution in [-0.4, -0.2) is 11.7 Å². The summed E-state index contributed by atoms with van der Waals surface area (Å²) in [6.45, 7) is 4.95. The van der Waals surface area contributed by atoms with E-state index in [1.54, 1.807) is 5.31 Å². The molecule has 3 heteroatoms. The minimum absolute atomic E-state index is 0.0263. The minimum atomic E-state index is -0.721. The zero-order chi connectivity index (χ0) is 26.4. The number of hydrogen-bond donors (Lipinski definition) is 1. The highest BCUT2D eigenvalue weighted by Gasteiger charge is 2.35. The lowest BCUT2D eigenvalue weighted by Gasteiger charge is -2.29. The third-order valence-electron chi connectivity index (χ3n) is 7.36. The number of benzene rings is 4. The summed E-state index contributed by atoms with van der Waals surface area (Å²) in [6.07, 6.45) is 5.35. The van der Waals surface area contributed by atoms with E-state index in [-0.39, 0.29) is 12.0 Å². The fraction of sp³-hybridized carbons (Fsp3) is 0.200. The highest BCUT2D eigenvalue weighted by molar-refractivity contribution is 7.80. The zero-order valence-electron chi connectivity index (χ0n) is 22.3. The topological polar surface area (TPSA) is 20.2 Å². The Labute approximate surface area is 230 Å². The normalized spacial score (nSPS) is 13.9. The van der Waals surface area contributed by atoms with E-state index < -0.39 is 15.8 Å². The third kappa shape index (κ3) is 5.92. The maximum atomic E-state index is 9.62. The molecule has 0 heterocycles. The molecule has 0 saturated heterocycles. The summed E-state index contributed by atoms with van der Waals surface area (Å²) >= 11 is 0. The molecule has 0 unspecified atom stereocenters. The van der Waals surface area contributed by atoms with Gasteiger partial charge in [0.15, 0.2) is 0 Å². The average Bonchev–Trinajstić information content (AvgIpc) is 3.40. The smallest absolute Gasteiger partial charge is 0.0431 e. The monoisotopic (exact) mass is 534 g/mol. The van der Waals surface area contributed by atoms with Crippen molar-refractivity contribution in [3.63, 3.8) is 0 Å². The Morgan fingerprint density at radius 2 is 1.00 bits per heavy atom. The molecule has 38 heavy (non-hydrogen) atoms. The second-order valence-electron chi connectivity index (χ2n) is 10.4. The van der Waals surface area contributed by atoms with Crippen LogP contribution in [0.4, 0.5) is 0 Å². The fourth-order valence-electron chi connectivity index (χ4n) is 5.27. The molecule has 0 saturated carbocycles. The first-order chi connectivity index (χ1) is 18.6. The van der Waals surface area contributed by atoms with Gasteiger partial charge < -0.3 is 5.11 Å². The van der Waals surface area contributed by atoms with E-state index in [0.717, 1.165) is 19.3 Å². The summed E-state index contributed by atoms with van der Waals surface area (Å²) in [7, 11) is -1.42. The minimum Gasteiger partial charge on any atom is -0.396 e. The molecular weight excluding hydrogens is 498 g/mol. The number of aliphatic hydroxyl groups excluding tert-OH is 1. The Morgan fingerprint density at radius 1 is 0.605 bits per heavy atom. The van der Waals surface area contributed by atoms with Crippen molar-refractivity contribution in [3.8, 4) is 0 Å². The largest absolute Gasteiger partial charge is 0.396 e. The summed E-state index contributed by atoms with van der Waals surface area (Å²) in [5, 5.41) is 18.3. The van der Waals surface area contributed by atoms with Gasteiger partial charge in [-0.15, -0.1) is 0 Å². The van der Waals surface area contributed by atoms with Crippen molar-refractivity contribution in [2.45, 2.75) is 33.1 Å². The van der Waals surface area contributed by atoms with Gasteiger partial charge in [-0.2, -0.15) is 0 Å². The molecular formula is C35H36OP2. The predicted octanol–water partition coefficient (Wildman–Crippen LogP) is 7.59. The van der Waals surface area contributed by atoms with Gasteiger partial charge in [0.1, 0.15) is 0 Å². The fourth-order valence-corrected chi connectivity index (χ4v) is 10.8. The summed E-state index contributed by atoms with van der Waals surface area (Å²) < 4.78 is 0. The van der Waals surface area contributed by atoms with E-state index >= 15 is 0 Å². The van der Waals surface area contributed by atoms with Gasteiger partial charge in [0, 0.05) is 6.61 Å². The molecule has 0 atom stereocenters. The molecule has 0 fully saturated rings. The Kier molecular flexibility index (Phi) is 8.71. The van der Waals surface area contributed by atoms with E-state index in [9.17, 15) is 5.11 Å². The van der Waals surface area contributed by atoms with E-state index in [1.807, 2.05) is 0 Å². The first-order valence-electron chi connectivity index (χ1n) is 13.4. The van der Waals surface area contributed by atoms with Crippen LogP contribution in [0.25, 0.3) is 0 Å². The van der Waals surface area contributed by atoms with Crippen LogP contribution in [-0.2, 0) is 0 Å². The van der Waals surface area contributed by atoms with Gasteiger partial charge in [-0.05, 0) is 72.4 Å². The lowest BCUT2D eigenvalue weighted by molar-refractivity contribution is 0.257. The van der Waals surface area contributed by atoms with Gasteiger partial charge in [0.25, 0.3) is 0 Å². The lowest BCUT2D eigenvalue weighted by Crippen LogP contribution is -2.17. The Bertz CT molecular complexity index is 1300. The van der Waals surface area contributed by atoms with Crippen molar-refractivity contribution in [2.75, 3.05) is 6.61 Å².